The van der Waals surface area contributed by atoms with Gasteiger partial charge in [-0.25, -0.2) is 4.98 Å². The smallest absolute Gasteiger partial charge is 0.128 e. The third kappa shape index (κ3) is 5.70. The van der Waals surface area contributed by atoms with Crippen LogP contribution in [0.25, 0.3) is 0 Å². The second-order valence-corrected chi connectivity index (χ2v) is 6.74. The summed E-state index contributed by atoms with van der Waals surface area (Å²) in [7, 11) is 4.04. The number of hydrogen-bond acceptors (Lipinski definition) is 5. The molecule has 0 bridgehead atoms. The van der Waals surface area contributed by atoms with Gasteiger partial charge in [0.2, 0.25) is 0 Å². The molecular formula is C21H33N5. The van der Waals surface area contributed by atoms with E-state index in [4.69, 9.17) is 0 Å². The Balaban J connectivity index is 0.00000117. The van der Waals surface area contributed by atoms with Crippen LogP contribution in [0.3, 0.4) is 0 Å². The molecule has 3 heterocycles. The highest BCUT2D eigenvalue weighted by atomic mass is 15.2. The van der Waals surface area contributed by atoms with Gasteiger partial charge in [-0.2, -0.15) is 0 Å². The van der Waals surface area contributed by atoms with E-state index in [2.05, 4.69) is 44.5 Å². The Morgan fingerprint density at radius 1 is 1.19 bits per heavy atom. The molecule has 5 nitrogen and oxygen atoms in total. The molecule has 26 heavy (non-hydrogen) atoms. The van der Waals surface area contributed by atoms with Crippen molar-refractivity contribution in [3.8, 4) is 0 Å². The first-order chi connectivity index (χ1) is 12.6. The Kier molecular flexibility index (Phi) is 7.85. The van der Waals surface area contributed by atoms with Gasteiger partial charge in [0.25, 0.3) is 0 Å². The van der Waals surface area contributed by atoms with Crippen LogP contribution in [-0.2, 0) is 6.54 Å². The zero-order valence-corrected chi connectivity index (χ0v) is 16.9. The summed E-state index contributed by atoms with van der Waals surface area (Å²) in [4.78, 5) is 13.3. The van der Waals surface area contributed by atoms with Crippen LogP contribution in [0.1, 0.15) is 37.9 Å². The molecule has 1 unspecified atom stereocenters. The summed E-state index contributed by atoms with van der Waals surface area (Å²) in [6.45, 7) is 9.08. The van der Waals surface area contributed by atoms with Gasteiger partial charge in [-0.1, -0.05) is 13.8 Å². The molecule has 1 saturated heterocycles. The van der Waals surface area contributed by atoms with Crippen molar-refractivity contribution in [2.45, 2.75) is 46.2 Å². The number of nitrogens with zero attached hydrogens (tertiary/aromatic N) is 4. The van der Waals surface area contributed by atoms with Gasteiger partial charge in [-0.3, -0.25) is 4.98 Å². The lowest BCUT2D eigenvalue weighted by Gasteiger charge is -2.35. The summed E-state index contributed by atoms with van der Waals surface area (Å²) >= 11 is 0. The number of nitrogens with one attached hydrogen (secondary N) is 1. The van der Waals surface area contributed by atoms with Gasteiger partial charge in [0, 0.05) is 51.7 Å². The summed E-state index contributed by atoms with van der Waals surface area (Å²) < 4.78 is 0. The molecule has 1 N–H and O–H groups in total. The molecule has 2 aromatic rings. The fourth-order valence-corrected chi connectivity index (χ4v) is 3.18. The van der Waals surface area contributed by atoms with Crippen LogP contribution in [0.15, 0.2) is 36.7 Å². The minimum Gasteiger partial charge on any atom is -0.369 e. The van der Waals surface area contributed by atoms with E-state index in [1.165, 1.54) is 24.1 Å². The zero-order chi connectivity index (χ0) is 18.9. The van der Waals surface area contributed by atoms with E-state index >= 15 is 0 Å². The lowest BCUT2D eigenvalue weighted by molar-refractivity contribution is 0.421. The Labute approximate surface area is 158 Å². The SMILES string of the molecule is CC.Cc1cc(CNC2CCCN(c3ccc(N(C)C)nc3)C2)ccn1. The standard InChI is InChI=1S/C19H27N5.C2H6/c1-15-11-16(8-9-20-15)12-21-17-5-4-10-24(14-17)18-6-7-19(22-13-18)23(2)3;1-2/h6-9,11,13,17,21H,4-5,10,12,14H2,1-3H3;1-2H3. The van der Waals surface area contributed by atoms with E-state index in [-0.39, 0.29) is 0 Å². The van der Waals surface area contributed by atoms with Crippen LogP contribution >= 0.6 is 0 Å². The third-order valence-electron chi connectivity index (χ3n) is 4.53. The number of hydrogen-bond donors (Lipinski definition) is 1. The number of pyridine rings is 2. The van der Waals surface area contributed by atoms with Gasteiger partial charge >= 0.3 is 0 Å². The van der Waals surface area contributed by atoms with Crippen LogP contribution in [0.2, 0.25) is 0 Å². The summed E-state index contributed by atoms with van der Waals surface area (Å²) in [6.07, 6.45) is 6.31. The molecule has 142 valence electrons. The molecule has 0 amide bonds. The number of anilines is 2. The molecule has 3 rings (SSSR count). The highest BCUT2D eigenvalue weighted by Gasteiger charge is 2.20. The lowest BCUT2D eigenvalue weighted by atomic mass is 10.0. The molecule has 1 aliphatic rings. The Morgan fingerprint density at radius 2 is 2.00 bits per heavy atom. The van der Waals surface area contributed by atoms with Crippen LogP contribution in [0.4, 0.5) is 11.5 Å². The van der Waals surface area contributed by atoms with Crippen molar-refractivity contribution in [1.82, 2.24) is 15.3 Å². The number of piperidine rings is 1. The predicted molar refractivity (Wildman–Crippen MR) is 111 cm³/mol. The van der Waals surface area contributed by atoms with Crippen LogP contribution in [0.5, 0.6) is 0 Å². The number of rotatable bonds is 5. The van der Waals surface area contributed by atoms with Gasteiger partial charge in [0.15, 0.2) is 0 Å². The summed E-state index contributed by atoms with van der Waals surface area (Å²) in [5, 5.41) is 3.70. The van der Waals surface area contributed by atoms with Crippen molar-refractivity contribution in [2.75, 3.05) is 37.0 Å². The topological polar surface area (TPSA) is 44.3 Å². The van der Waals surface area contributed by atoms with E-state index in [1.54, 1.807) is 0 Å². The minimum atomic E-state index is 0.515. The summed E-state index contributed by atoms with van der Waals surface area (Å²) in [6, 6.07) is 9.02. The first kappa shape index (κ1) is 20.2. The molecule has 2 aromatic heterocycles. The number of aryl methyl sites for hydroxylation is 1. The van der Waals surface area contributed by atoms with Gasteiger partial charge in [-0.05, 0) is 49.6 Å². The fourth-order valence-electron chi connectivity index (χ4n) is 3.18. The van der Waals surface area contributed by atoms with Crippen molar-refractivity contribution in [3.05, 3.63) is 47.9 Å². The summed E-state index contributed by atoms with van der Waals surface area (Å²) in [5.74, 6) is 0.999. The maximum absolute atomic E-state index is 4.54. The maximum atomic E-state index is 4.54. The normalized spacial score (nSPS) is 16.7. The van der Waals surface area contributed by atoms with Crippen molar-refractivity contribution < 1.29 is 0 Å². The fraction of sp³-hybridized carbons (Fsp3) is 0.524. The van der Waals surface area contributed by atoms with Crippen LogP contribution in [-0.4, -0.2) is 43.2 Å². The van der Waals surface area contributed by atoms with E-state index in [0.29, 0.717) is 6.04 Å². The van der Waals surface area contributed by atoms with Gasteiger partial charge < -0.3 is 15.1 Å². The molecule has 0 radical (unpaired) electrons. The van der Waals surface area contributed by atoms with E-state index in [1.807, 2.05) is 52.2 Å². The first-order valence-electron chi connectivity index (χ1n) is 9.65. The third-order valence-corrected chi connectivity index (χ3v) is 4.53. The van der Waals surface area contributed by atoms with Crippen molar-refractivity contribution in [2.24, 2.45) is 0 Å². The molecule has 1 atom stereocenters. The van der Waals surface area contributed by atoms with Crippen molar-refractivity contribution in [1.29, 1.82) is 0 Å². The second-order valence-electron chi connectivity index (χ2n) is 6.74. The Bertz CT molecular complexity index is 654. The summed E-state index contributed by atoms with van der Waals surface area (Å²) in [5.41, 5.74) is 3.59. The largest absolute Gasteiger partial charge is 0.369 e. The Morgan fingerprint density at radius 3 is 2.65 bits per heavy atom. The van der Waals surface area contributed by atoms with Gasteiger partial charge in [-0.15, -0.1) is 0 Å². The molecule has 0 aliphatic carbocycles. The average Bonchev–Trinajstić information content (AvgIpc) is 2.68. The van der Waals surface area contributed by atoms with Crippen molar-refractivity contribution >= 4 is 11.5 Å². The quantitative estimate of drug-likeness (QED) is 0.887. The molecule has 0 spiro atoms. The lowest BCUT2D eigenvalue weighted by Crippen LogP contribution is -2.45. The highest BCUT2D eigenvalue weighted by molar-refractivity contribution is 5.50. The predicted octanol–water partition coefficient (Wildman–Crippen LogP) is 3.64. The Hall–Kier alpha value is -2.14. The highest BCUT2D eigenvalue weighted by Crippen LogP contribution is 2.21. The van der Waals surface area contributed by atoms with Crippen LogP contribution < -0.4 is 15.1 Å². The first-order valence-corrected chi connectivity index (χ1v) is 9.65. The minimum absolute atomic E-state index is 0.515. The molecule has 0 saturated carbocycles. The molecule has 1 fully saturated rings. The van der Waals surface area contributed by atoms with E-state index in [0.717, 1.165) is 31.1 Å². The molecule has 1 aliphatic heterocycles. The monoisotopic (exact) mass is 355 g/mol. The maximum Gasteiger partial charge on any atom is 0.128 e. The van der Waals surface area contributed by atoms with Crippen molar-refractivity contribution in [3.63, 3.8) is 0 Å². The van der Waals surface area contributed by atoms with Gasteiger partial charge in [0.1, 0.15) is 5.82 Å². The van der Waals surface area contributed by atoms with E-state index < -0.39 is 0 Å². The zero-order valence-electron chi connectivity index (χ0n) is 16.9. The number of aromatic nitrogens is 2. The molecular weight excluding hydrogens is 322 g/mol. The molecule has 5 heteroatoms. The van der Waals surface area contributed by atoms with Gasteiger partial charge in [0.05, 0.1) is 11.9 Å². The molecule has 0 aromatic carbocycles. The van der Waals surface area contributed by atoms with Crippen LogP contribution in [0, 0.1) is 6.92 Å². The average molecular weight is 356 g/mol. The second kappa shape index (κ2) is 10.1. The van der Waals surface area contributed by atoms with E-state index in [9.17, 15) is 0 Å².